The molecule has 0 aliphatic carbocycles. The number of hydrazine groups is 1. The third-order valence-electron chi connectivity index (χ3n) is 2.67. The van der Waals surface area contributed by atoms with Crippen molar-refractivity contribution in [3.63, 3.8) is 0 Å². The average molecular weight is 226 g/mol. The molecule has 0 atom stereocenters. The van der Waals surface area contributed by atoms with Gasteiger partial charge in [-0.05, 0) is 13.5 Å². The lowest BCUT2D eigenvalue weighted by molar-refractivity contribution is 0.179. The largest absolute Gasteiger partial charge is 0.304 e. The van der Waals surface area contributed by atoms with Gasteiger partial charge >= 0.3 is 0 Å². The summed E-state index contributed by atoms with van der Waals surface area (Å²) in [6, 6.07) is 0. The zero-order valence-corrected chi connectivity index (χ0v) is 10.2. The predicted octanol–water partition coefficient (Wildman–Crippen LogP) is 1.28. The summed E-state index contributed by atoms with van der Waals surface area (Å²) in [5, 5.41) is 5.40. The summed E-state index contributed by atoms with van der Waals surface area (Å²) in [6.07, 6.45) is 1.01. The Hall–Kier alpha value is -0.650. The molecule has 1 saturated heterocycles. The summed E-state index contributed by atoms with van der Waals surface area (Å²) in [4.78, 5) is 6.84. The second kappa shape index (κ2) is 4.92. The fourth-order valence-electron chi connectivity index (χ4n) is 1.57. The molecule has 0 radical (unpaired) electrons. The first kappa shape index (κ1) is 10.9. The van der Waals surface area contributed by atoms with Gasteiger partial charge in [0, 0.05) is 31.6 Å². The third kappa shape index (κ3) is 2.90. The van der Waals surface area contributed by atoms with E-state index in [1.54, 1.807) is 11.3 Å². The number of thiazole rings is 1. The standard InChI is InChI=1S/C10H18N4S/c1-3-9-8-15-10(11-9)12-14-6-4-13(2)5-7-14/h8H,3-7H2,1-2H3,(H,11,12). The van der Waals surface area contributed by atoms with E-state index >= 15 is 0 Å². The van der Waals surface area contributed by atoms with E-state index < -0.39 is 0 Å². The van der Waals surface area contributed by atoms with Crippen LogP contribution in [-0.2, 0) is 6.42 Å². The van der Waals surface area contributed by atoms with Crippen LogP contribution in [0.25, 0.3) is 0 Å². The van der Waals surface area contributed by atoms with Crippen LogP contribution in [0.1, 0.15) is 12.6 Å². The first-order chi connectivity index (χ1) is 7.28. The van der Waals surface area contributed by atoms with E-state index in [1.807, 2.05) is 0 Å². The molecule has 0 bridgehead atoms. The number of nitrogens with one attached hydrogen (secondary N) is 1. The average Bonchev–Trinajstić information content (AvgIpc) is 2.69. The highest BCUT2D eigenvalue weighted by Crippen LogP contribution is 2.16. The Kier molecular flexibility index (Phi) is 3.56. The highest BCUT2D eigenvalue weighted by molar-refractivity contribution is 7.13. The van der Waals surface area contributed by atoms with Gasteiger partial charge in [-0.25, -0.2) is 9.99 Å². The SMILES string of the molecule is CCc1csc(NN2CCN(C)CC2)n1. The van der Waals surface area contributed by atoms with E-state index in [1.165, 1.54) is 5.69 Å². The first-order valence-corrected chi connectivity index (χ1v) is 6.30. The summed E-state index contributed by atoms with van der Waals surface area (Å²) < 4.78 is 0. The molecule has 1 aromatic rings. The molecule has 1 aliphatic rings. The Balaban J connectivity index is 1.86. The summed E-state index contributed by atoms with van der Waals surface area (Å²) in [6.45, 7) is 6.52. The van der Waals surface area contributed by atoms with Crippen molar-refractivity contribution >= 4 is 16.5 Å². The van der Waals surface area contributed by atoms with E-state index in [-0.39, 0.29) is 0 Å². The van der Waals surface area contributed by atoms with Crippen molar-refractivity contribution < 1.29 is 0 Å². The van der Waals surface area contributed by atoms with E-state index in [0.29, 0.717) is 0 Å². The van der Waals surface area contributed by atoms with Crippen molar-refractivity contribution in [1.29, 1.82) is 0 Å². The van der Waals surface area contributed by atoms with Gasteiger partial charge in [0.25, 0.3) is 0 Å². The van der Waals surface area contributed by atoms with Crippen LogP contribution in [0.15, 0.2) is 5.38 Å². The van der Waals surface area contributed by atoms with E-state index in [2.05, 4.69) is 39.7 Å². The molecule has 5 heteroatoms. The van der Waals surface area contributed by atoms with Crippen molar-refractivity contribution in [3.8, 4) is 0 Å². The van der Waals surface area contributed by atoms with E-state index in [4.69, 9.17) is 0 Å². The van der Waals surface area contributed by atoms with Crippen molar-refractivity contribution in [2.45, 2.75) is 13.3 Å². The molecule has 84 valence electrons. The van der Waals surface area contributed by atoms with Crippen LogP contribution in [0, 0.1) is 0 Å². The Morgan fingerprint density at radius 2 is 2.13 bits per heavy atom. The van der Waals surface area contributed by atoms with Crippen LogP contribution >= 0.6 is 11.3 Å². The van der Waals surface area contributed by atoms with Crippen molar-refractivity contribution in [1.82, 2.24) is 14.9 Å². The van der Waals surface area contributed by atoms with Gasteiger partial charge in [-0.15, -0.1) is 11.3 Å². The smallest absolute Gasteiger partial charge is 0.197 e. The second-order valence-electron chi connectivity index (χ2n) is 3.90. The normalized spacial score (nSPS) is 19.3. The predicted molar refractivity (Wildman–Crippen MR) is 64.2 cm³/mol. The lowest BCUT2D eigenvalue weighted by Gasteiger charge is -2.32. The topological polar surface area (TPSA) is 31.4 Å². The van der Waals surface area contributed by atoms with Crippen molar-refractivity contribution in [3.05, 3.63) is 11.1 Å². The van der Waals surface area contributed by atoms with Gasteiger partial charge < -0.3 is 4.90 Å². The molecule has 0 spiro atoms. The van der Waals surface area contributed by atoms with Gasteiger partial charge in [-0.3, -0.25) is 5.43 Å². The number of anilines is 1. The van der Waals surface area contributed by atoms with Gasteiger partial charge in [0.1, 0.15) is 0 Å². The fourth-order valence-corrected chi connectivity index (χ4v) is 2.39. The van der Waals surface area contributed by atoms with Crippen LogP contribution in [0.5, 0.6) is 0 Å². The number of aryl methyl sites for hydroxylation is 1. The highest BCUT2D eigenvalue weighted by Gasteiger charge is 2.14. The third-order valence-corrected chi connectivity index (χ3v) is 3.47. The second-order valence-corrected chi connectivity index (χ2v) is 4.76. The lowest BCUT2D eigenvalue weighted by Crippen LogP contribution is -2.46. The summed E-state index contributed by atoms with van der Waals surface area (Å²) in [7, 11) is 2.16. The van der Waals surface area contributed by atoms with Crippen LogP contribution in [0.2, 0.25) is 0 Å². The maximum Gasteiger partial charge on any atom is 0.197 e. The summed E-state index contributed by atoms with van der Waals surface area (Å²) in [5.74, 6) is 0. The Morgan fingerprint density at radius 1 is 1.40 bits per heavy atom. The minimum absolute atomic E-state index is 1.01. The molecule has 0 unspecified atom stereocenters. The van der Waals surface area contributed by atoms with Gasteiger partial charge in [0.2, 0.25) is 0 Å². The molecular formula is C10H18N4S. The number of aromatic nitrogens is 1. The molecule has 1 N–H and O–H groups in total. The molecule has 2 rings (SSSR count). The molecule has 1 fully saturated rings. The lowest BCUT2D eigenvalue weighted by atomic mass is 10.4. The molecule has 2 heterocycles. The van der Waals surface area contributed by atoms with Gasteiger partial charge in [0.15, 0.2) is 5.13 Å². The van der Waals surface area contributed by atoms with Gasteiger partial charge in [-0.2, -0.15) is 0 Å². The Bertz CT molecular complexity index is 304. The van der Waals surface area contributed by atoms with E-state index in [0.717, 1.165) is 37.7 Å². The quantitative estimate of drug-likeness (QED) is 0.841. The molecule has 4 nitrogen and oxygen atoms in total. The molecule has 1 aliphatic heterocycles. The zero-order chi connectivity index (χ0) is 10.7. The highest BCUT2D eigenvalue weighted by atomic mass is 32.1. The van der Waals surface area contributed by atoms with Gasteiger partial charge in [0.05, 0.1) is 5.69 Å². The van der Waals surface area contributed by atoms with Crippen LogP contribution in [0.3, 0.4) is 0 Å². The number of rotatable bonds is 3. The molecule has 0 amide bonds. The van der Waals surface area contributed by atoms with E-state index in [9.17, 15) is 0 Å². The fraction of sp³-hybridized carbons (Fsp3) is 0.700. The number of piperazine rings is 1. The molecule has 0 aromatic carbocycles. The molecule has 1 aromatic heterocycles. The Morgan fingerprint density at radius 3 is 2.73 bits per heavy atom. The van der Waals surface area contributed by atoms with Crippen molar-refractivity contribution in [2.24, 2.45) is 0 Å². The maximum absolute atomic E-state index is 4.49. The zero-order valence-electron chi connectivity index (χ0n) is 9.36. The minimum atomic E-state index is 1.01. The van der Waals surface area contributed by atoms with Crippen LogP contribution in [-0.4, -0.2) is 48.1 Å². The molecule has 0 saturated carbocycles. The van der Waals surface area contributed by atoms with Crippen molar-refractivity contribution in [2.75, 3.05) is 38.7 Å². The molecular weight excluding hydrogens is 208 g/mol. The van der Waals surface area contributed by atoms with Crippen LogP contribution in [0.4, 0.5) is 5.13 Å². The number of hydrogen-bond donors (Lipinski definition) is 1. The molecule has 15 heavy (non-hydrogen) atoms. The number of nitrogens with zero attached hydrogens (tertiary/aromatic N) is 3. The summed E-state index contributed by atoms with van der Waals surface area (Å²) in [5.41, 5.74) is 4.55. The number of likely N-dealkylation sites (N-methyl/N-ethyl adjacent to an activating group) is 1. The van der Waals surface area contributed by atoms with Crippen LogP contribution < -0.4 is 5.43 Å². The monoisotopic (exact) mass is 226 g/mol. The summed E-state index contributed by atoms with van der Waals surface area (Å²) >= 11 is 1.69. The van der Waals surface area contributed by atoms with Gasteiger partial charge in [-0.1, -0.05) is 6.92 Å². The first-order valence-electron chi connectivity index (χ1n) is 5.42. The number of hydrogen-bond acceptors (Lipinski definition) is 5. The Labute approximate surface area is 94.9 Å². The maximum atomic E-state index is 4.49. The minimum Gasteiger partial charge on any atom is -0.304 e.